The number of hydrogen-bond donors (Lipinski definition) is 0. The first kappa shape index (κ1) is 14.0. The second-order valence-corrected chi connectivity index (χ2v) is 4.65. The average molecular weight is 270 g/mol. The molecule has 19 heavy (non-hydrogen) atoms. The van der Waals surface area contributed by atoms with Crippen molar-refractivity contribution >= 4 is 11.9 Å². The normalized spacial score (nSPS) is 25.3. The largest absolute Gasteiger partial charge is 0.463 e. The van der Waals surface area contributed by atoms with Gasteiger partial charge in [0.25, 0.3) is 0 Å². The van der Waals surface area contributed by atoms with Crippen molar-refractivity contribution in [1.82, 2.24) is 0 Å². The molecular formula is C13H18O6. The highest BCUT2D eigenvalue weighted by Crippen LogP contribution is 2.16. The van der Waals surface area contributed by atoms with Crippen LogP contribution in [0.4, 0.5) is 0 Å². The number of esters is 2. The van der Waals surface area contributed by atoms with Gasteiger partial charge in [0, 0.05) is 0 Å². The van der Waals surface area contributed by atoms with Crippen molar-refractivity contribution in [3.8, 4) is 0 Å². The Morgan fingerprint density at radius 2 is 1.79 bits per heavy atom. The summed E-state index contributed by atoms with van der Waals surface area (Å²) in [6.45, 7) is 5.34. The summed E-state index contributed by atoms with van der Waals surface area (Å²) in [7, 11) is 0. The second kappa shape index (κ2) is 6.68. The first-order valence-corrected chi connectivity index (χ1v) is 6.35. The second-order valence-electron chi connectivity index (χ2n) is 4.65. The molecular weight excluding hydrogens is 252 g/mol. The van der Waals surface area contributed by atoms with E-state index < -0.39 is 17.9 Å². The number of carbonyl (C=O) groups is 2. The monoisotopic (exact) mass is 270 g/mol. The van der Waals surface area contributed by atoms with E-state index in [0.29, 0.717) is 19.6 Å². The lowest BCUT2D eigenvalue weighted by molar-refractivity contribution is -0.155. The molecule has 3 unspecified atom stereocenters. The molecule has 0 spiro atoms. The van der Waals surface area contributed by atoms with Gasteiger partial charge in [-0.1, -0.05) is 6.08 Å². The molecule has 106 valence electrons. The third-order valence-electron chi connectivity index (χ3n) is 2.84. The Morgan fingerprint density at radius 3 is 2.32 bits per heavy atom. The van der Waals surface area contributed by atoms with Crippen LogP contribution in [0.5, 0.6) is 0 Å². The van der Waals surface area contributed by atoms with E-state index in [1.54, 1.807) is 6.08 Å². The van der Waals surface area contributed by atoms with Gasteiger partial charge in [-0.3, -0.25) is 9.59 Å². The first-order chi connectivity index (χ1) is 9.19. The van der Waals surface area contributed by atoms with E-state index >= 15 is 0 Å². The Balaban J connectivity index is 1.70. The Labute approximate surface area is 111 Å². The third-order valence-corrected chi connectivity index (χ3v) is 2.84. The molecule has 2 aliphatic rings. The van der Waals surface area contributed by atoms with Crippen LogP contribution in [-0.4, -0.2) is 50.6 Å². The quantitative estimate of drug-likeness (QED) is 0.344. The molecule has 2 fully saturated rings. The summed E-state index contributed by atoms with van der Waals surface area (Å²) in [6, 6.07) is 0. The summed E-state index contributed by atoms with van der Waals surface area (Å²) in [5, 5.41) is 0. The SMILES string of the molecule is C=CCC(CC(=O)OCC1CO1)C(=O)OCC1CO1. The van der Waals surface area contributed by atoms with E-state index in [1.807, 2.05) is 0 Å². The van der Waals surface area contributed by atoms with Crippen LogP contribution in [-0.2, 0) is 28.5 Å². The lowest BCUT2D eigenvalue weighted by Gasteiger charge is -2.13. The molecule has 6 nitrogen and oxygen atoms in total. The van der Waals surface area contributed by atoms with E-state index in [2.05, 4.69) is 6.58 Å². The fourth-order valence-corrected chi connectivity index (χ4v) is 1.53. The zero-order chi connectivity index (χ0) is 13.7. The summed E-state index contributed by atoms with van der Waals surface area (Å²) >= 11 is 0. The van der Waals surface area contributed by atoms with Gasteiger partial charge in [-0.05, 0) is 6.42 Å². The van der Waals surface area contributed by atoms with Gasteiger partial charge in [0.2, 0.25) is 0 Å². The smallest absolute Gasteiger partial charge is 0.309 e. The van der Waals surface area contributed by atoms with Crippen LogP contribution in [0, 0.1) is 5.92 Å². The van der Waals surface area contributed by atoms with E-state index in [-0.39, 0.29) is 31.8 Å². The molecule has 3 atom stereocenters. The molecule has 2 aliphatic heterocycles. The number of rotatable bonds is 9. The fraction of sp³-hybridized carbons (Fsp3) is 0.692. The van der Waals surface area contributed by atoms with Crippen molar-refractivity contribution in [3.63, 3.8) is 0 Å². The Hall–Kier alpha value is -1.40. The van der Waals surface area contributed by atoms with Crippen LogP contribution >= 0.6 is 0 Å². The highest BCUT2D eigenvalue weighted by Gasteiger charge is 2.29. The van der Waals surface area contributed by atoms with Gasteiger partial charge in [0.15, 0.2) is 0 Å². The Kier molecular flexibility index (Phi) is 4.93. The summed E-state index contributed by atoms with van der Waals surface area (Å²) in [6.07, 6.45) is 2.03. The summed E-state index contributed by atoms with van der Waals surface area (Å²) < 4.78 is 20.0. The zero-order valence-electron chi connectivity index (χ0n) is 10.7. The highest BCUT2D eigenvalue weighted by atomic mass is 16.6. The summed E-state index contributed by atoms with van der Waals surface area (Å²) in [5.41, 5.74) is 0. The standard InChI is InChI=1S/C13H18O6/c1-2-3-9(13(15)19-8-11-6-17-11)4-12(14)18-7-10-5-16-10/h2,9-11H,1,3-8H2. The molecule has 0 amide bonds. The minimum atomic E-state index is -0.538. The lowest BCUT2D eigenvalue weighted by Crippen LogP contribution is -2.23. The van der Waals surface area contributed by atoms with Gasteiger partial charge in [-0.15, -0.1) is 6.58 Å². The minimum Gasteiger partial charge on any atom is -0.463 e. The van der Waals surface area contributed by atoms with Crippen molar-refractivity contribution < 1.29 is 28.5 Å². The van der Waals surface area contributed by atoms with Crippen molar-refractivity contribution in [2.45, 2.75) is 25.0 Å². The van der Waals surface area contributed by atoms with Gasteiger partial charge in [-0.2, -0.15) is 0 Å². The predicted octanol–water partition coefficient (Wildman–Crippen LogP) is 0.453. The van der Waals surface area contributed by atoms with Crippen LogP contribution < -0.4 is 0 Å². The average Bonchev–Trinajstić information content (AvgIpc) is 3.27. The van der Waals surface area contributed by atoms with Crippen molar-refractivity contribution in [2.75, 3.05) is 26.4 Å². The maximum atomic E-state index is 11.8. The summed E-state index contributed by atoms with van der Waals surface area (Å²) in [5.74, 6) is -1.36. The van der Waals surface area contributed by atoms with Gasteiger partial charge in [-0.25, -0.2) is 0 Å². The van der Waals surface area contributed by atoms with Gasteiger partial charge in [0.05, 0.1) is 25.6 Å². The van der Waals surface area contributed by atoms with Crippen molar-refractivity contribution in [2.24, 2.45) is 5.92 Å². The van der Waals surface area contributed by atoms with Crippen LogP contribution in [0.15, 0.2) is 12.7 Å². The molecule has 2 rings (SSSR count). The number of allylic oxidation sites excluding steroid dienone is 1. The Bertz CT molecular complexity index is 345. The van der Waals surface area contributed by atoms with Crippen LogP contribution in [0.25, 0.3) is 0 Å². The topological polar surface area (TPSA) is 77.7 Å². The van der Waals surface area contributed by atoms with Crippen LogP contribution in [0.3, 0.4) is 0 Å². The molecule has 0 radical (unpaired) electrons. The number of hydrogen-bond acceptors (Lipinski definition) is 6. The molecule has 0 aromatic carbocycles. The third kappa shape index (κ3) is 5.40. The van der Waals surface area contributed by atoms with Gasteiger partial charge < -0.3 is 18.9 Å². The van der Waals surface area contributed by atoms with Crippen molar-refractivity contribution in [1.29, 1.82) is 0 Å². The van der Waals surface area contributed by atoms with E-state index in [4.69, 9.17) is 18.9 Å². The molecule has 0 aromatic rings. The van der Waals surface area contributed by atoms with Crippen LogP contribution in [0.2, 0.25) is 0 Å². The zero-order valence-corrected chi connectivity index (χ0v) is 10.7. The maximum Gasteiger partial charge on any atom is 0.309 e. The van der Waals surface area contributed by atoms with Gasteiger partial charge in [0.1, 0.15) is 25.4 Å². The minimum absolute atomic E-state index is 0.00307. The molecule has 2 saturated heterocycles. The molecule has 2 heterocycles. The predicted molar refractivity (Wildman–Crippen MR) is 64.3 cm³/mol. The van der Waals surface area contributed by atoms with E-state index in [1.165, 1.54) is 0 Å². The highest BCUT2D eigenvalue weighted by molar-refractivity contribution is 5.80. The molecule has 0 N–H and O–H groups in total. The van der Waals surface area contributed by atoms with Crippen molar-refractivity contribution in [3.05, 3.63) is 12.7 Å². The van der Waals surface area contributed by atoms with E-state index in [9.17, 15) is 9.59 Å². The molecule has 0 aromatic heterocycles. The number of carbonyl (C=O) groups excluding carboxylic acids is 2. The summed E-state index contributed by atoms with van der Waals surface area (Å²) in [4.78, 5) is 23.4. The number of epoxide rings is 2. The van der Waals surface area contributed by atoms with E-state index in [0.717, 1.165) is 0 Å². The Morgan fingerprint density at radius 1 is 1.21 bits per heavy atom. The first-order valence-electron chi connectivity index (χ1n) is 6.35. The number of ether oxygens (including phenoxy) is 4. The maximum absolute atomic E-state index is 11.8. The molecule has 0 aliphatic carbocycles. The fourth-order valence-electron chi connectivity index (χ4n) is 1.53. The van der Waals surface area contributed by atoms with Crippen LogP contribution in [0.1, 0.15) is 12.8 Å². The molecule has 0 saturated carbocycles. The van der Waals surface area contributed by atoms with Gasteiger partial charge >= 0.3 is 11.9 Å². The molecule has 6 heteroatoms. The molecule has 0 bridgehead atoms. The lowest BCUT2D eigenvalue weighted by atomic mass is 10.0.